The van der Waals surface area contributed by atoms with Crippen molar-refractivity contribution < 1.29 is 17.1 Å². The summed E-state index contributed by atoms with van der Waals surface area (Å²) < 4.78 is 0. The van der Waals surface area contributed by atoms with Crippen LogP contribution >= 0.6 is 0 Å². The average Bonchev–Trinajstić information content (AvgIpc) is 2.84. The molecule has 0 heterocycles. The number of hydrogen-bond acceptors (Lipinski definition) is 2. The fraction of sp³-hybridized carbons (Fsp3) is 0.714. The zero-order valence-electron chi connectivity index (χ0n) is 10.8. The van der Waals surface area contributed by atoms with Gasteiger partial charge in [-0.3, -0.25) is 0 Å². The maximum absolute atomic E-state index is 4.21. The molecule has 2 rings (SSSR count). The Morgan fingerprint density at radius 1 is 0.882 bits per heavy atom. The molecule has 2 atom stereocenters. The average molecular weight is 274 g/mol. The summed E-state index contributed by atoms with van der Waals surface area (Å²) in [5.41, 5.74) is 0. The van der Waals surface area contributed by atoms with Crippen LogP contribution in [-0.4, -0.2) is 12.4 Å². The van der Waals surface area contributed by atoms with Gasteiger partial charge in [0.25, 0.3) is 0 Å². The predicted octanol–water partition coefficient (Wildman–Crippen LogP) is 3.83. The van der Waals surface area contributed by atoms with Gasteiger partial charge in [0.2, 0.25) is 0 Å². The Bertz CT molecular complexity index is 247. The van der Waals surface area contributed by atoms with Gasteiger partial charge >= 0.3 is 17.1 Å². The van der Waals surface area contributed by atoms with Gasteiger partial charge in [-0.2, -0.15) is 36.9 Å². The van der Waals surface area contributed by atoms with E-state index in [1.54, 1.807) is 11.8 Å². The Kier molecular flexibility index (Phi) is 6.43. The van der Waals surface area contributed by atoms with Crippen molar-refractivity contribution in [2.24, 2.45) is 22.0 Å². The van der Waals surface area contributed by atoms with E-state index in [-0.39, 0.29) is 17.1 Å². The Morgan fingerprint density at radius 3 is 1.59 bits per heavy atom. The summed E-state index contributed by atoms with van der Waals surface area (Å²) in [6.07, 6.45) is 11.8. The third kappa shape index (κ3) is 4.22. The maximum atomic E-state index is 4.21. The van der Waals surface area contributed by atoms with Crippen LogP contribution in [0.1, 0.15) is 52.4 Å². The van der Waals surface area contributed by atoms with E-state index in [0.717, 1.165) is 0 Å². The minimum atomic E-state index is 0. The van der Waals surface area contributed by atoms with Gasteiger partial charge in [-0.05, 0) is 0 Å². The molecule has 2 aliphatic rings. The molecule has 2 fully saturated rings. The molecule has 0 saturated heterocycles. The minimum Gasteiger partial charge on any atom is -0.308 e. The molecule has 0 aromatic heterocycles. The molecule has 0 aromatic carbocycles. The zero-order valence-corrected chi connectivity index (χ0v) is 11.9. The van der Waals surface area contributed by atoms with Crippen LogP contribution in [0.3, 0.4) is 0 Å². The van der Waals surface area contributed by atoms with E-state index in [0.29, 0.717) is 11.8 Å². The zero-order chi connectivity index (χ0) is 11.4. The first-order valence-electron chi connectivity index (χ1n) is 6.48. The molecule has 0 N–H and O–H groups in total. The van der Waals surface area contributed by atoms with Gasteiger partial charge in [0.05, 0.1) is 0 Å². The van der Waals surface area contributed by atoms with Crippen LogP contribution < -0.4 is 0 Å². The molecule has 3 heteroatoms. The van der Waals surface area contributed by atoms with Crippen LogP contribution in [0.25, 0.3) is 0 Å². The van der Waals surface area contributed by atoms with Crippen molar-refractivity contribution >= 4 is 12.4 Å². The summed E-state index contributed by atoms with van der Waals surface area (Å²) in [5.74, 6) is 4.32. The smallest absolute Gasteiger partial charge is 0.308 e. The van der Waals surface area contributed by atoms with Crippen LogP contribution in [0.2, 0.25) is 0 Å². The Labute approximate surface area is 116 Å². The molecule has 0 radical (unpaired) electrons. The quantitative estimate of drug-likeness (QED) is 0.323. The number of rotatable bonds is 3. The second kappa shape index (κ2) is 7.33. The Balaban J connectivity index is 0.00000144. The fourth-order valence-electron chi connectivity index (χ4n) is 2.71. The molecule has 2 saturated carbocycles. The van der Waals surface area contributed by atoms with Crippen molar-refractivity contribution in [2.75, 3.05) is 0 Å². The molecule has 0 aromatic rings. The SMILES string of the molecule is C[C-]1CCCC1/C=N\N=C/C1CCC[C-]1C.[Fe+2]. The van der Waals surface area contributed by atoms with Crippen molar-refractivity contribution in [1.82, 2.24) is 0 Å². The van der Waals surface area contributed by atoms with E-state index in [1.165, 1.54) is 38.5 Å². The molecule has 96 valence electrons. The van der Waals surface area contributed by atoms with Gasteiger partial charge < -0.3 is 11.8 Å². The van der Waals surface area contributed by atoms with Gasteiger partial charge in [0, 0.05) is 12.4 Å². The van der Waals surface area contributed by atoms with Crippen molar-refractivity contribution in [1.29, 1.82) is 0 Å². The van der Waals surface area contributed by atoms with Crippen molar-refractivity contribution in [3.05, 3.63) is 11.8 Å². The van der Waals surface area contributed by atoms with Crippen molar-refractivity contribution in [3.8, 4) is 0 Å². The van der Waals surface area contributed by atoms with E-state index in [9.17, 15) is 0 Å². The molecular weight excluding hydrogens is 252 g/mol. The maximum Gasteiger partial charge on any atom is 2.00 e. The Hall–Kier alpha value is -0.141. The standard InChI is InChI=1S/C14H22N2.Fe/c1-11-5-3-7-13(11)9-15-16-10-14-8-4-6-12(14)2;/h9-10,13-14H,3-8H2,1-2H3;/q-2;+2/b15-9-,16-10-;. The first kappa shape index (κ1) is 14.9. The van der Waals surface area contributed by atoms with E-state index in [1.807, 2.05) is 12.4 Å². The number of hydrogen-bond donors (Lipinski definition) is 0. The summed E-state index contributed by atoms with van der Waals surface area (Å²) in [6, 6.07) is 0. The predicted molar refractivity (Wildman–Crippen MR) is 69.5 cm³/mol. The van der Waals surface area contributed by atoms with E-state index in [2.05, 4.69) is 24.1 Å². The van der Waals surface area contributed by atoms with Gasteiger partial charge in [-0.15, -0.1) is 11.8 Å². The van der Waals surface area contributed by atoms with Crippen LogP contribution in [0.15, 0.2) is 10.2 Å². The third-order valence-electron chi connectivity index (χ3n) is 4.00. The molecule has 2 unspecified atom stereocenters. The molecule has 17 heavy (non-hydrogen) atoms. The first-order chi connectivity index (χ1) is 7.77. The van der Waals surface area contributed by atoms with Gasteiger partial charge in [-0.25, -0.2) is 0 Å². The number of nitrogens with zero attached hydrogens (tertiary/aromatic N) is 2. The molecule has 2 nitrogen and oxygen atoms in total. The summed E-state index contributed by atoms with van der Waals surface area (Å²) in [6.45, 7) is 4.48. The molecule has 0 bridgehead atoms. The van der Waals surface area contributed by atoms with Crippen molar-refractivity contribution in [3.63, 3.8) is 0 Å². The second-order valence-electron chi connectivity index (χ2n) is 5.22. The molecule has 0 aliphatic heterocycles. The molecule has 2 aliphatic carbocycles. The van der Waals surface area contributed by atoms with Gasteiger partial charge in [0.1, 0.15) is 0 Å². The van der Waals surface area contributed by atoms with Crippen LogP contribution in [0.4, 0.5) is 0 Å². The van der Waals surface area contributed by atoms with E-state index < -0.39 is 0 Å². The first-order valence-corrected chi connectivity index (χ1v) is 6.48. The summed E-state index contributed by atoms with van der Waals surface area (Å²) in [4.78, 5) is 0. The Morgan fingerprint density at radius 2 is 1.29 bits per heavy atom. The minimum absolute atomic E-state index is 0. The van der Waals surface area contributed by atoms with Crippen LogP contribution in [-0.2, 0) is 17.1 Å². The van der Waals surface area contributed by atoms with Crippen LogP contribution in [0, 0.1) is 23.7 Å². The van der Waals surface area contributed by atoms with Gasteiger partial charge in [-0.1, -0.05) is 25.7 Å². The van der Waals surface area contributed by atoms with E-state index >= 15 is 0 Å². The van der Waals surface area contributed by atoms with E-state index in [4.69, 9.17) is 0 Å². The largest absolute Gasteiger partial charge is 2.00 e. The fourth-order valence-corrected chi connectivity index (χ4v) is 2.71. The monoisotopic (exact) mass is 274 g/mol. The second-order valence-corrected chi connectivity index (χ2v) is 5.22. The van der Waals surface area contributed by atoms with Gasteiger partial charge in [0.15, 0.2) is 0 Å². The van der Waals surface area contributed by atoms with Crippen LogP contribution in [0.5, 0.6) is 0 Å². The molecular formula is C14H22FeN2. The molecule has 0 spiro atoms. The normalized spacial score (nSPS) is 31.6. The summed E-state index contributed by atoms with van der Waals surface area (Å²) >= 11 is 0. The summed E-state index contributed by atoms with van der Waals surface area (Å²) in [7, 11) is 0. The third-order valence-corrected chi connectivity index (χ3v) is 4.00. The summed E-state index contributed by atoms with van der Waals surface area (Å²) in [5, 5.41) is 8.42. The molecule has 0 amide bonds. The van der Waals surface area contributed by atoms with Crippen molar-refractivity contribution in [2.45, 2.75) is 52.4 Å². The topological polar surface area (TPSA) is 24.7 Å².